The third kappa shape index (κ3) is 3.25. The van der Waals surface area contributed by atoms with Gasteiger partial charge in [0.2, 0.25) is 0 Å². The molecule has 11 nitrogen and oxygen atoms in total. The first-order valence-electron chi connectivity index (χ1n) is 12.4. The number of hydrogen-bond donors (Lipinski definition) is 3. The van der Waals surface area contributed by atoms with Crippen molar-refractivity contribution in [2.24, 2.45) is 0 Å². The molecule has 5 amide bonds. The van der Waals surface area contributed by atoms with Gasteiger partial charge in [-0.3, -0.25) is 24.7 Å². The Balaban J connectivity index is 1.37. The van der Waals surface area contributed by atoms with Gasteiger partial charge in [0.15, 0.2) is 17.1 Å². The summed E-state index contributed by atoms with van der Waals surface area (Å²) in [5.74, 6) is -2.46. The molecule has 1 fully saturated rings. The van der Waals surface area contributed by atoms with Crippen LogP contribution < -0.4 is 20.7 Å². The second-order valence-corrected chi connectivity index (χ2v) is 9.83. The van der Waals surface area contributed by atoms with Crippen molar-refractivity contribution in [2.45, 2.75) is 18.6 Å². The molecule has 0 aliphatic carbocycles. The highest BCUT2D eigenvalue weighted by molar-refractivity contribution is 6.12. The van der Waals surface area contributed by atoms with Crippen LogP contribution in [0.1, 0.15) is 37.6 Å². The Morgan fingerprint density at radius 1 is 1.10 bits per heavy atom. The number of urea groups is 1. The summed E-state index contributed by atoms with van der Waals surface area (Å²) in [5.41, 5.74) is 1.09. The van der Waals surface area contributed by atoms with Crippen molar-refractivity contribution < 1.29 is 32.7 Å². The predicted molar refractivity (Wildman–Crippen MR) is 137 cm³/mol. The predicted octanol–water partition coefficient (Wildman–Crippen LogP) is 2.58. The average Bonchev–Trinajstić information content (AvgIpc) is 3.69. The lowest BCUT2D eigenvalue weighted by atomic mass is 9.93. The minimum absolute atomic E-state index is 0.00954. The molecule has 1 atom stereocenters. The highest BCUT2D eigenvalue weighted by Gasteiger charge is 2.53. The summed E-state index contributed by atoms with van der Waals surface area (Å²) >= 11 is 0. The van der Waals surface area contributed by atoms with Crippen molar-refractivity contribution in [3.63, 3.8) is 0 Å². The number of rotatable bonds is 5. The van der Waals surface area contributed by atoms with E-state index in [-0.39, 0.29) is 36.1 Å². The van der Waals surface area contributed by atoms with Crippen molar-refractivity contribution >= 4 is 34.7 Å². The lowest BCUT2D eigenvalue weighted by Gasteiger charge is -2.29. The van der Waals surface area contributed by atoms with Crippen molar-refractivity contribution in [3.05, 3.63) is 82.6 Å². The van der Waals surface area contributed by atoms with Crippen molar-refractivity contribution in [1.29, 1.82) is 0 Å². The Bertz CT molecular complexity index is 1800. The van der Waals surface area contributed by atoms with Crippen LogP contribution in [0, 0.1) is 5.82 Å². The lowest BCUT2D eigenvalue weighted by Crippen LogP contribution is -2.52. The molecule has 0 saturated carbocycles. The monoisotopic (exact) mass is 541 g/mol. The SMILES string of the molecule is COc1ccc2c(c1F)C(=O)N(C[C@@]1(c3cc4cc5c(c(-c6cccnc6)c4o3)C(=O)NC5)NC(=O)NC1=O)C2. The van der Waals surface area contributed by atoms with Crippen molar-refractivity contribution in [1.82, 2.24) is 25.8 Å². The number of hydrogen-bond acceptors (Lipinski definition) is 7. The topological polar surface area (TPSA) is 143 Å². The zero-order chi connectivity index (χ0) is 27.8. The Hall–Kier alpha value is -5.26. The lowest BCUT2D eigenvalue weighted by molar-refractivity contribution is -0.125. The molecule has 0 unspecified atom stereocenters. The maximum atomic E-state index is 15.0. The molecule has 2 aromatic carbocycles. The van der Waals surface area contributed by atoms with Crippen LogP contribution in [0.15, 0.2) is 53.2 Å². The minimum Gasteiger partial charge on any atom is -0.494 e. The molecule has 3 N–H and O–H groups in total. The van der Waals surface area contributed by atoms with Gasteiger partial charge in [0.1, 0.15) is 11.3 Å². The van der Waals surface area contributed by atoms with Crippen LogP contribution in [0.25, 0.3) is 22.1 Å². The van der Waals surface area contributed by atoms with Crippen LogP contribution in [-0.2, 0) is 23.4 Å². The molecular weight excluding hydrogens is 521 g/mol. The first-order chi connectivity index (χ1) is 19.3. The standard InChI is InChI=1S/C28H20FN5O6/c1-39-17-5-4-14-11-34(25(36)21(14)22(17)29)12-28(26(37)32-27(38)33-28)18-8-15-7-16-10-31-24(35)20(16)19(23(15)40-18)13-3-2-6-30-9-13/h2-9H,10-12H2,1H3,(H,31,35)(H2,32,33,37,38)/t28-/m0/s1. The first kappa shape index (κ1) is 23.8. The number of fused-ring (bicyclic) bond motifs is 3. The summed E-state index contributed by atoms with van der Waals surface area (Å²) in [4.78, 5) is 57.4. The Morgan fingerprint density at radius 2 is 1.95 bits per heavy atom. The molecule has 0 bridgehead atoms. The summed E-state index contributed by atoms with van der Waals surface area (Å²) in [6, 6.07) is 9.17. The van der Waals surface area contributed by atoms with E-state index in [1.54, 1.807) is 42.7 Å². The number of halogens is 1. The highest BCUT2D eigenvalue weighted by Crippen LogP contribution is 2.41. The number of carbonyl (C=O) groups excluding carboxylic acids is 4. The fourth-order valence-corrected chi connectivity index (χ4v) is 5.72. The summed E-state index contributed by atoms with van der Waals surface area (Å²) in [6.07, 6.45) is 3.21. The van der Waals surface area contributed by atoms with E-state index in [2.05, 4.69) is 20.9 Å². The van der Waals surface area contributed by atoms with E-state index in [4.69, 9.17) is 9.15 Å². The van der Waals surface area contributed by atoms with Gasteiger partial charge in [-0.15, -0.1) is 0 Å². The number of aromatic nitrogens is 1. The molecule has 12 heteroatoms. The van der Waals surface area contributed by atoms with Gasteiger partial charge in [0, 0.05) is 42.0 Å². The number of benzene rings is 2. The molecular formula is C28H20FN5O6. The van der Waals surface area contributed by atoms with Crippen LogP contribution in [0.3, 0.4) is 0 Å². The molecule has 3 aliphatic rings. The molecule has 4 aromatic rings. The molecule has 200 valence electrons. The van der Waals surface area contributed by atoms with Gasteiger partial charge in [-0.1, -0.05) is 12.1 Å². The van der Waals surface area contributed by atoms with Gasteiger partial charge in [-0.05, 0) is 35.4 Å². The Labute approximate surface area is 225 Å². The molecule has 40 heavy (non-hydrogen) atoms. The number of nitrogens with zero attached hydrogens (tertiary/aromatic N) is 2. The number of carbonyl (C=O) groups is 4. The Morgan fingerprint density at radius 3 is 2.67 bits per heavy atom. The fraction of sp³-hybridized carbons (Fsp3) is 0.179. The number of methoxy groups -OCH3 is 1. The normalized spacial score (nSPS) is 19.5. The number of amides is 5. The molecule has 0 radical (unpaired) electrons. The van der Waals surface area contributed by atoms with E-state index < -0.39 is 29.2 Å². The molecule has 1 saturated heterocycles. The molecule has 3 aliphatic heterocycles. The maximum Gasteiger partial charge on any atom is 0.322 e. The zero-order valence-electron chi connectivity index (χ0n) is 21.0. The molecule has 0 spiro atoms. The van der Waals surface area contributed by atoms with E-state index in [0.717, 1.165) is 5.56 Å². The van der Waals surface area contributed by atoms with Gasteiger partial charge in [0.25, 0.3) is 17.7 Å². The third-order valence-corrected chi connectivity index (χ3v) is 7.57. The van der Waals surface area contributed by atoms with E-state index in [1.807, 2.05) is 0 Å². The second kappa shape index (κ2) is 8.37. The number of imide groups is 1. The van der Waals surface area contributed by atoms with Crippen LogP contribution in [0.2, 0.25) is 0 Å². The zero-order valence-corrected chi connectivity index (χ0v) is 21.0. The minimum atomic E-state index is -1.81. The Kier molecular flexibility index (Phi) is 4.98. The smallest absolute Gasteiger partial charge is 0.322 e. The van der Waals surface area contributed by atoms with Crippen LogP contribution in [-0.4, -0.2) is 47.3 Å². The molecule has 5 heterocycles. The number of furan rings is 1. The second-order valence-electron chi connectivity index (χ2n) is 9.83. The van der Waals surface area contributed by atoms with Gasteiger partial charge in [-0.2, -0.15) is 0 Å². The van der Waals surface area contributed by atoms with E-state index in [0.29, 0.717) is 39.8 Å². The van der Waals surface area contributed by atoms with Gasteiger partial charge in [0.05, 0.1) is 24.8 Å². The van der Waals surface area contributed by atoms with E-state index >= 15 is 0 Å². The number of nitrogens with one attached hydrogen (secondary N) is 3. The maximum absolute atomic E-state index is 15.0. The quantitative estimate of drug-likeness (QED) is 0.330. The van der Waals surface area contributed by atoms with Crippen LogP contribution >= 0.6 is 0 Å². The summed E-state index contributed by atoms with van der Waals surface area (Å²) in [7, 11) is 1.30. The third-order valence-electron chi connectivity index (χ3n) is 7.57. The van der Waals surface area contributed by atoms with Crippen LogP contribution in [0.4, 0.5) is 9.18 Å². The van der Waals surface area contributed by atoms with Gasteiger partial charge >= 0.3 is 6.03 Å². The van der Waals surface area contributed by atoms with E-state index in [1.165, 1.54) is 18.1 Å². The van der Waals surface area contributed by atoms with Crippen LogP contribution in [0.5, 0.6) is 5.75 Å². The fourth-order valence-electron chi connectivity index (χ4n) is 5.72. The highest BCUT2D eigenvalue weighted by atomic mass is 19.1. The molecule has 7 rings (SSSR count). The van der Waals surface area contributed by atoms with Crippen molar-refractivity contribution in [3.8, 4) is 16.9 Å². The van der Waals surface area contributed by atoms with Gasteiger partial charge < -0.3 is 24.7 Å². The first-order valence-corrected chi connectivity index (χ1v) is 12.4. The summed E-state index contributed by atoms with van der Waals surface area (Å²) < 4.78 is 26.3. The number of ether oxygens (including phenoxy) is 1. The summed E-state index contributed by atoms with van der Waals surface area (Å²) in [6.45, 7) is -0.00643. The average molecular weight is 541 g/mol. The largest absolute Gasteiger partial charge is 0.494 e. The molecule has 2 aromatic heterocycles. The van der Waals surface area contributed by atoms with E-state index in [9.17, 15) is 23.6 Å². The summed E-state index contributed by atoms with van der Waals surface area (Å²) in [5, 5.41) is 8.27. The number of pyridine rings is 1. The van der Waals surface area contributed by atoms with Crippen molar-refractivity contribution in [2.75, 3.05) is 13.7 Å². The van der Waals surface area contributed by atoms with Gasteiger partial charge in [-0.25, -0.2) is 9.18 Å².